The summed E-state index contributed by atoms with van der Waals surface area (Å²) < 4.78 is 35.9. The number of carbonyl (C=O) groups excluding carboxylic acids is 1. The van der Waals surface area contributed by atoms with Gasteiger partial charge < -0.3 is 9.15 Å². The Bertz CT molecular complexity index is 513. The largest absolute Gasteiger partial charge is 0.440 e. The van der Waals surface area contributed by atoms with Gasteiger partial charge in [-0.1, -0.05) is 0 Å². The number of piperidine rings is 1. The fraction of sp³-hybridized carbons (Fsp3) is 0.545. The van der Waals surface area contributed by atoms with Crippen LogP contribution in [0.3, 0.4) is 0 Å². The molecule has 7 heteroatoms. The van der Waals surface area contributed by atoms with Crippen molar-refractivity contribution in [1.82, 2.24) is 4.31 Å². The van der Waals surface area contributed by atoms with E-state index >= 15 is 0 Å². The van der Waals surface area contributed by atoms with E-state index in [-0.39, 0.29) is 17.0 Å². The average Bonchev–Trinajstić information content (AvgIpc) is 2.88. The van der Waals surface area contributed by atoms with Crippen molar-refractivity contribution in [2.75, 3.05) is 20.2 Å². The van der Waals surface area contributed by atoms with Gasteiger partial charge in [-0.25, -0.2) is 8.42 Å². The van der Waals surface area contributed by atoms with Gasteiger partial charge >= 0.3 is 0 Å². The summed E-state index contributed by atoms with van der Waals surface area (Å²) in [5, 5.41) is -0.180. The first-order valence-electron chi connectivity index (χ1n) is 5.66. The van der Waals surface area contributed by atoms with Crippen molar-refractivity contribution < 1.29 is 22.4 Å². The first kappa shape index (κ1) is 13.3. The quantitative estimate of drug-likeness (QED) is 0.761. The summed E-state index contributed by atoms with van der Waals surface area (Å²) in [6.45, 7) is 0.802. The van der Waals surface area contributed by atoms with Crippen molar-refractivity contribution in [1.29, 1.82) is 0 Å². The lowest BCUT2D eigenvalue weighted by atomic mass is 10.1. The summed E-state index contributed by atoms with van der Waals surface area (Å²) in [5.74, 6) is 0.0142. The van der Waals surface area contributed by atoms with Crippen molar-refractivity contribution in [2.24, 2.45) is 0 Å². The minimum Gasteiger partial charge on any atom is -0.440 e. The van der Waals surface area contributed by atoms with E-state index < -0.39 is 10.0 Å². The summed E-state index contributed by atoms with van der Waals surface area (Å²) in [4.78, 5) is 10.5. The molecular formula is C11H15NO5S. The van der Waals surface area contributed by atoms with Crippen LogP contribution in [0.1, 0.15) is 23.4 Å². The lowest BCUT2D eigenvalue weighted by molar-refractivity contribution is 0.0601. The molecule has 0 aromatic carbocycles. The molecule has 1 fully saturated rings. The van der Waals surface area contributed by atoms with E-state index in [2.05, 4.69) is 0 Å². The van der Waals surface area contributed by atoms with Crippen molar-refractivity contribution in [3.05, 3.63) is 17.9 Å². The van der Waals surface area contributed by atoms with Crippen molar-refractivity contribution >= 4 is 16.3 Å². The van der Waals surface area contributed by atoms with Gasteiger partial charge in [0.25, 0.3) is 10.0 Å². The van der Waals surface area contributed by atoms with E-state index in [9.17, 15) is 13.2 Å². The molecule has 0 aliphatic carbocycles. The fourth-order valence-electron chi connectivity index (χ4n) is 1.97. The second-order valence-electron chi connectivity index (χ2n) is 4.11. The highest BCUT2D eigenvalue weighted by molar-refractivity contribution is 7.89. The van der Waals surface area contributed by atoms with Crippen molar-refractivity contribution in [3.63, 3.8) is 0 Å². The van der Waals surface area contributed by atoms with Gasteiger partial charge in [-0.15, -0.1) is 0 Å². The van der Waals surface area contributed by atoms with Gasteiger partial charge in [0.15, 0.2) is 12.0 Å². The van der Waals surface area contributed by atoms with E-state index in [1.807, 2.05) is 0 Å². The van der Waals surface area contributed by atoms with Crippen LogP contribution < -0.4 is 0 Å². The number of methoxy groups -OCH3 is 1. The van der Waals surface area contributed by atoms with Crippen LogP contribution in [0.2, 0.25) is 0 Å². The molecule has 18 heavy (non-hydrogen) atoms. The molecule has 0 bridgehead atoms. The number of sulfonamides is 1. The van der Waals surface area contributed by atoms with E-state index in [1.54, 1.807) is 7.11 Å². The van der Waals surface area contributed by atoms with Gasteiger partial charge in [-0.2, -0.15) is 4.31 Å². The number of hydrogen-bond donors (Lipinski definition) is 0. The van der Waals surface area contributed by atoms with E-state index in [0.29, 0.717) is 32.2 Å². The molecule has 2 rings (SSSR count). The lowest BCUT2D eigenvalue weighted by Crippen LogP contribution is -2.40. The summed E-state index contributed by atoms with van der Waals surface area (Å²) >= 11 is 0. The monoisotopic (exact) mass is 273 g/mol. The van der Waals surface area contributed by atoms with Crippen molar-refractivity contribution in [3.8, 4) is 0 Å². The molecule has 0 spiro atoms. The Morgan fingerprint density at radius 2 is 2.06 bits per heavy atom. The number of aldehydes is 1. The Balaban J connectivity index is 2.14. The first-order valence-corrected chi connectivity index (χ1v) is 7.10. The highest BCUT2D eigenvalue weighted by atomic mass is 32.2. The molecule has 100 valence electrons. The molecule has 0 unspecified atom stereocenters. The Kier molecular flexibility index (Phi) is 3.84. The molecule has 1 aliphatic rings. The molecule has 0 saturated carbocycles. The minimum absolute atomic E-state index is 0.0142. The maximum atomic E-state index is 12.2. The third-order valence-electron chi connectivity index (χ3n) is 3.05. The second kappa shape index (κ2) is 5.21. The predicted octanol–water partition coefficient (Wildman–Crippen LogP) is 0.892. The average molecular weight is 273 g/mol. The number of nitrogens with zero attached hydrogens (tertiary/aromatic N) is 1. The first-order chi connectivity index (χ1) is 8.57. The highest BCUT2D eigenvalue weighted by Gasteiger charge is 2.31. The van der Waals surface area contributed by atoms with Crippen molar-refractivity contribution in [2.45, 2.75) is 24.0 Å². The van der Waals surface area contributed by atoms with Gasteiger partial charge in [-0.05, 0) is 25.0 Å². The molecule has 1 aliphatic heterocycles. The van der Waals surface area contributed by atoms with Gasteiger partial charge in [0.05, 0.1) is 6.10 Å². The fourth-order valence-corrected chi connectivity index (χ4v) is 3.36. The Hall–Kier alpha value is -1.18. The third kappa shape index (κ3) is 2.47. The SMILES string of the molecule is COC1CCN(S(=O)(=O)c2ccc(C=O)o2)CC1. The van der Waals surface area contributed by atoms with Crippen LogP contribution in [0, 0.1) is 0 Å². The zero-order valence-electron chi connectivity index (χ0n) is 10.0. The summed E-state index contributed by atoms with van der Waals surface area (Å²) in [7, 11) is -2.01. The number of carbonyl (C=O) groups is 1. The number of ether oxygens (including phenoxy) is 1. The Morgan fingerprint density at radius 1 is 1.39 bits per heavy atom. The smallest absolute Gasteiger partial charge is 0.276 e. The van der Waals surface area contributed by atoms with Crippen LogP contribution in [-0.2, 0) is 14.8 Å². The number of rotatable bonds is 4. The molecule has 2 heterocycles. The molecule has 1 saturated heterocycles. The van der Waals surface area contributed by atoms with E-state index in [1.165, 1.54) is 16.4 Å². The standard InChI is InChI=1S/C11H15NO5S/c1-16-9-4-6-12(7-5-9)18(14,15)11-3-2-10(8-13)17-11/h2-3,8-9H,4-7H2,1H3. The third-order valence-corrected chi connectivity index (χ3v) is 4.82. The summed E-state index contributed by atoms with van der Waals surface area (Å²) in [6, 6.07) is 2.66. The van der Waals surface area contributed by atoms with Crippen LogP contribution in [0.25, 0.3) is 0 Å². The van der Waals surface area contributed by atoms with Gasteiger partial charge in [0.2, 0.25) is 5.09 Å². The van der Waals surface area contributed by atoms with Gasteiger partial charge in [-0.3, -0.25) is 4.79 Å². The van der Waals surface area contributed by atoms with E-state index in [4.69, 9.17) is 9.15 Å². The lowest BCUT2D eigenvalue weighted by Gasteiger charge is -2.29. The molecule has 0 N–H and O–H groups in total. The van der Waals surface area contributed by atoms with Crippen LogP contribution in [0.5, 0.6) is 0 Å². The minimum atomic E-state index is -3.63. The van der Waals surface area contributed by atoms with Crippen LogP contribution in [0.15, 0.2) is 21.6 Å². The summed E-state index contributed by atoms with van der Waals surface area (Å²) in [5.41, 5.74) is 0. The number of hydrogen-bond acceptors (Lipinski definition) is 5. The van der Waals surface area contributed by atoms with Crippen LogP contribution >= 0.6 is 0 Å². The summed E-state index contributed by atoms with van der Waals surface area (Å²) in [6.07, 6.45) is 1.92. The molecule has 1 aromatic rings. The second-order valence-corrected chi connectivity index (χ2v) is 5.98. The Morgan fingerprint density at radius 3 is 2.56 bits per heavy atom. The molecule has 6 nitrogen and oxygen atoms in total. The predicted molar refractivity (Wildman–Crippen MR) is 62.9 cm³/mol. The van der Waals surface area contributed by atoms with Gasteiger partial charge in [0.1, 0.15) is 0 Å². The normalized spacial score (nSPS) is 18.9. The molecule has 0 atom stereocenters. The van der Waals surface area contributed by atoms with Gasteiger partial charge in [0, 0.05) is 20.2 Å². The molecular weight excluding hydrogens is 258 g/mol. The Labute approximate surface area is 106 Å². The maximum Gasteiger partial charge on any atom is 0.276 e. The molecule has 0 radical (unpaired) electrons. The van der Waals surface area contributed by atoms with Crippen LogP contribution in [0.4, 0.5) is 0 Å². The zero-order valence-corrected chi connectivity index (χ0v) is 10.9. The van der Waals surface area contributed by atoms with Crippen LogP contribution in [-0.4, -0.2) is 45.3 Å². The topological polar surface area (TPSA) is 76.8 Å². The molecule has 0 amide bonds. The zero-order chi connectivity index (χ0) is 13.2. The maximum absolute atomic E-state index is 12.2. The highest BCUT2D eigenvalue weighted by Crippen LogP contribution is 2.22. The van der Waals surface area contributed by atoms with E-state index in [0.717, 1.165) is 0 Å². The molecule has 1 aromatic heterocycles. The number of furan rings is 1.